The van der Waals surface area contributed by atoms with E-state index in [-0.39, 0.29) is 39.7 Å². The number of benzene rings is 1. The number of aliphatic hydroxyl groups excluding tert-OH is 1. The van der Waals surface area contributed by atoms with E-state index in [0.717, 1.165) is 18.5 Å². The van der Waals surface area contributed by atoms with E-state index in [4.69, 9.17) is 0 Å². The molecule has 1 aromatic carbocycles. The van der Waals surface area contributed by atoms with Gasteiger partial charge in [-0.25, -0.2) is 31.5 Å². The lowest BCUT2D eigenvalue weighted by Gasteiger charge is -2.30. The highest BCUT2D eigenvalue weighted by atomic mass is 32.2. The maximum atomic E-state index is 14.7. The Bertz CT molecular complexity index is 1260. The zero-order valence-electron chi connectivity index (χ0n) is 17.0. The number of sulfonamides is 1. The van der Waals surface area contributed by atoms with Crippen molar-refractivity contribution in [2.75, 3.05) is 24.7 Å². The topological polar surface area (TPSA) is 129 Å². The van der Waals surface area contributed by atoms with Crippen molar-refractivity contribution < 1.29 is 27.4 Å². The summed E-state index contributed by atoms with van der Waals surface area (Å²) in [5.41, 5.74) is -0.134. The number of anilines is 1. The minimum Gasteiger partial charge on any atom is -0.364 e. The largest absolute Gasteiger partial charge is 0.364 e. The number of rotatable bonds is 5. The third-order valence-corrected chi connectivity index (χ3v) is 6.69. The van der Waals surface area contributed by atoms with Gasteiger partial charge in [0.2, 0.25) is 16.0 Å². The number of fused-ring (bicyclic) bond motifs is 1. The summed E-state index contributed by atoms with van der Waals surface area (Å²) in [6.45, 7) is 0.694. The van der Waals surface area contributed by atoms with Crippen molar-refractivity contribution in [3.05, 3.63) is 47.8 Å². The molecule has 3 heterocycles. The molecule has 3 N–H and O–H groups in total. The van der Waals surface area contributed by atoms with Gasteiger partial charge >= 0.3 is 0 Å². The fourth-order valence-corrected chi connectivity index (χ4v) is 4.62. The van der Waals surface area contributed by atoms with Crippen LogP contribution in [0, 0.1) is 11.6 Å². The molecule has 4 rings (SSSR count). The highest BCUT2D eigenvalue weighted by molar-refractivity contribution is 7.88. The van der Waals surface area contributed by atoms with Crippen LogP contribution in [-0.4, -0.2) is 63.3 Å². The van der Waals surface area contributed by atoms with Gasteiger partial charge in [-0.2, -0.15) is 0 Å². The second-order valence-electron chi connectivity index (χ2n) is 7.60. The molecule has 3 aromatic rings. The van der Waals surface area contributed by atoms with Crippen molar-refractivity contribution in [2.24, 2.45) is 0 Å². The van der Waals surface area contributed by atoms with Crippen molar-refractivity contribution in [1.29, 1.82) is 0 Å². The summed E-state index contributed by atoms with van der Waals surface area (Å²) < 4.78 is 53.9. The molecule has 0 atom stereocenters. The maximum Gasteiger partial charge on any atom is 0.223 e. The molecule has 0 aliphatic carbocycles. The summed E-state index contributed by atoms with van der Waals surface area (Å²) in [6.07, 6.45) is 2.57. The van der Waals surface area contributed by atoms with Crippen molar-refractivity contribution in [3.63, 3.8) is 0 Å². The molecule has 1 aliphatic heterocycles. The predicted molar refractivity (Wildman–Crippen MR) is 113 cm³/mol. The van der Waals surface area contributed by atoms with E-state index in [0.29, 0.717) is 25.9 Å². The smallest absolute Gasteiger partial charge is 0.223 e. The normalized spacial score (nSPS) is 16.1. The quantitative estimate of drug-likeness (QED) is 0.487. The van der Waals surface area contributed by atoms with Crippen LogP contribution in [0.2, 0.25) is 0 Å². The van der Waals surface area contributed by atoms with Crippen LogP contribution in [-0.2, 0) is 10.0 Å². The first kappa shape index (κ1) is 22.4. The molecule has 1 saturated heterocycles. The zero-order chi connectivity index (χ0) is 23.0. The SMILES string of the molecule is CS(=O)(=O)N1CCC(Nc2ncc(F)c(-c3cc(F)c4nccc(C(O)O)c4c3)n2)CC1. The fraction of sp³-hybridized carbons (Fsp3) is 0.350. The van der Waals surface area contributed by atoms with Gasteiger partial charge in [0, 0.05) is 41.8 Å². The first-order valence-electron chi connectivity index (χ1n) is 9.82. The van der Waals surface area contributed by atoms with Gasteiger partial charge in [0.1, 0.15) is 17.0 Å². The lowest BCUT2D eigenvalue weighted by molar-refractivity contribution is -0.0413. The van der Waals surface area contributed by atoms with Crippen molar-refractivity contribution in [1.82, 2.24) is 19.3 Å². The van der Waals surface area contributed by atoms with Gasteiger partial charge in [-0.1, -0.05) is 0 Å². The molecule has 32 heavy (non-hydrogen) atoms. The molecule has 9 nitrogen and oxygen atoms in total. The number of hydrogen-bond donors (Lipinski definition) is 3. The summed E-state index contributed by atoms with van der Waals surface area (Å²) in [5.74, 6) is -1.43. The fourth-order valence-electron chi connectivity index (χ4n) is 3.75. The Morgan fingerprint density at radius 2 is 1.88 bits per heavy atom. The van der Waals surface area contributed by atoms with Crippen LogP contribution in [0.25, 0.3) is 22.2 Å². The Kier molecular flexibility index (Phi) is 6.03. The van der Waals surface area contributed by atoms with Crippen LogP contribution < -0.4 is 5.32 Å². The minimum atomic E-state index is -3.25. The number of piperidine rings is 1. The van der Waals surface area contributed by atoms with Gasteiger partial charge in [0.05, 0.1) is 12.5 Å². The van der Waals surface area contributed by atoms with Gasteiger partial charge in [-0.15, -0.1) is 0 Å². The van der Waals surface area contributed by atoms with Crippen LogP contribution in [0.1, 0.15) is 24.7 Å². The number of aliphatic hydroxyl groups is 2. The van der Waals surface area contributed by atoms with Gasteiger partial charge in [0.15, 0.2) is 12.1 Å². The van der Waals surface area contributed by atoms with Gasteiger partial charge in [0.25, 0.3) is 0 Å². The van der Waals surface area contributed by atoms with Crippen LogP contribution in [0.15, 0.2) is 30.6 Å². The second-order valence-corrected chi connectivity index (χ2v) is 9.58. The zero-order valence-corrected chi connectivity index (χ0v) is 17.9. The van der Waals surface area contributed by atoms with Gasteiger partial charge < -0.3 is 15.5 Å². The van der Waals surface area contributed by atoms with E-state index >= 15 is 0 Å². The number of pyridine rings is 1. The number of aromatic nitrogens is 3. The Morgan fingerprint density at radius 1 is 1.16 bits per heavy atom. The molecule has 1 fully saturated rings. The summed E-state index contributed by atoms with van der Waals surface area (Å²) in [6, 6.07) is 3.69. The molecule has 0 amide bonds. The van der Waals surface area contributed by atoms with E-state index in [1.165, 1.54) is 22.6 Å². The van der Waals surface area contributed by atoms with Crippen LogP contribution in [0.4, 0.5) is 14.7 Å². The van der Waals surface area contributed by atoms with E-state index in [9.17, 15) is 27.4 Å². The molecule has 0 unspecified atom stereocenters. The Morgan fingerprint density at radius 3 is 2.53 bits per heavy atom. The summed E-state index contributed by atoms with van der Waals surface area (Å²) in [5, 5.41) is 22.4. The van der Waals surface area contributed by atoms with Crippen molar-refractivity contribution in [2.45, 2.75) is 25.2 Å². The van der Waals surface area contributed by atoms with Crippen molar-refractivity contribution in [3.8, 4) is 11.3 Å². The number of nitrogens with one attached hydrogen (secondary N) is 1. The second kappa shape index (κ2) is 8.62. The molecular weight excluding hydrogens is 444 g/mol. The molecular formula is C20H21F2N5O4S. The standard InChI is InChI=1S/C20H21F2N5O4S/c1-32(30,31)27-6-3-12(4-7-27)25-20-24-10-16(22)17(26-20)11-8-14-13(19(28)29)2-5-23-18(14)15(21)9-11/h2,5,8-10,12,19,28-29H,3-4,6-7H2,1H3,(H,24,25,26). The van der Waals surface area contributed by atoms with Crippen LogP contribution in [0.3, 0.4) is 0 Å². The van der Waals surface area contributed by atoms with E-state index < -0.39 is 27.9 Å². The highest BCUT2D eigenvalue weighted by Gasteiger charge is 2.25. The molecule has 0 spiro atoms. The molecule has 12 heteroatoms. The molecule has 0 radical (unpaired) electrons. The first-order valence-corrected chi connectivity index (χ1v) is 11.7. The summed E-state index contributed by atoms with van der Waals surface area (Å²) in [4.78, 5) is 12.0. The predicted octanol–water partition coefficient (Wildman–Crippen LogP) is 1.79. The van der Waals surface area contributed by atoms with Crippen LogP contribution in [0.5, 0.6) is 0 Å². The monoisotopic (exact) mass is 465 g/mol. The maximum absolute atomic E-state index is 14.7. The third-order valence-electron chi connectivity index (χ3n) is 5.38. The molecule has 0 bridgehead atoms. The molecule has 0 saturated carbocycles. The summed E-state index contributed by atoms with van der Waals surface area (Å²) >= 11 is 0. The Hall–Kier alpha value is -2.80. The van der Waals surface area contributed by atoms with Gasteiger partial charge in [-0.3, -0.25) is 4.98 Å². The lowest BCUT2D eigenvalue weighted by atomic mass is 10.0. The molecule has 1 aliphatic rings. The molecule has 2 aromatic heterocycles. The lowest BCUT2D eigenvalue weighted by Crippen LogP contribution is -2.42. The van der Waals surface area contributed by atoms with Crippen molar-refractivity contribution >= 4 is 26.9 Å². The number of halogens is 2. The number of nitrogens with zero attached hydrogens (tertiary/aromatic N) is 4. The minimum absolute atomic E-state index is 0.0289. The summed E-state index contributed by atoms with van der Waals surface area (Å²) in [7, 11) is -3.25. The number of hydrogen-bond acceptors (Lipinski definition) is 8. The molecule has 170 valence electrons. The third kappa shape index (κ3) is 4.53. The van der Waals surface area contributed by atoms with E-state index in [1.54, 1.807) is 0 Å². The van der Waals surface area contributed by atoms with Crippen LogP contribution >= 0.6 is 0 Å². The highest BCUT2D eigenvalue weighted by Crippen LogP contribution is 2.30. The Balaban J connectivity index is 1.64. The van der Waals surface area contributed by atoms with Gasteiger partial charge in [-0.05, 0) is 31.0 Å². The average molecular weight is 465 g/mol. The Labute approximate surface area is 182 Å². The van der Waals surface area contributed by atoms with E-state index in [2.05, 4.69) is 20.3 Å². The first-order chi connectivity index (χ1) is 15.1. The van der Waals surface area contributed by atoms with E-state index in [1.807, 2.05) is 0 Å². The average Bonchev–Trinajstić information content (AvgIpc) is 2.74.